The summed E-state index contributed by atoms with van der Waals surface area (Å²) in [5.74, 6) is -5.66. The van der Waals surface area contributed by atoms with E-state index in [0.717, 1.165) is 0 Å². The highest BCUT2D eigenvalue weighted by Crippen LogP contribution is 2.12. The number of phenolic OH excluding ortho intramolecular Hbond substituents is 1. The SMILES string of the molecule is CCC(C)C(N)C(=O)NC(CS)C(=O)NC(CC(=O)O)C(=O)NC(Cc1ccc(O)cc1)C(=O)O. The van der Waals surface area contributed by atoms with Crippen LogP contribution in [-0.4, -0.2) is 74.9 Å². The van der Waals surface area contributed by atoms with Crippen molar-refractivity contribution in [2.75, 3.05) is 5.75 Å². The van der Waals surface area contributed by atoms with Crippen LogP contribution in [0.1, 0.15) is 32.3 Å². The molecule has 0 fully saturated rings. The average Bonchev–Trinajstić information content (AvgIpc) is 2.81. The number of aliphatic carboxylic acids is 2. The van der Waals surface area contributed by atoms with Gasteiger partial charge in [0.15, 0.2) is 0 Å². The largest absolute Gasteiger partial charge is 0.508 e. The molecule has 0 spiro atoms. The lowest BCUT2D eigenvalue weighted by Crippen LogP contribution is -2.58. The molecule has 35 heavy (non-hydrogen) atoms. The molecule has 1 aromatic rings. The molecule has 3 amide bonds. The number of nitrogens with two attached hydrogens (primary N) is 1. The molecule has 0 aromatic heterocycles. The number of amides is 3. The molecule has 1 rings (SSSR count). The Balaban J connectivity index is 2.94. The van der Waals surface area contributed by atoms with Crippen molar-refractivity contribution < 1.29 is 39.3 Å². The third kappa shape index (κ3) is 9.83. The van der Waals surface area contributed by atoms with Crippen LogP contribution in [0.2, 0.25) is 0 Å². The molecule has 0 heterocycles. The number of carbonyl (C=O) groups is 5. The van der Waals surface area contributed by atoms with Gasteiger partial charge in [0.2, 0.25) is 17.7 Å². The smallest absolute Gasteiger partial charge is 0.326 e. The Morgan fingerprint density at radius 3 is 1.91 bits per heavy atom. The van der Waals surface area contributed by atoms with Gasteiger partial charge in [0.05, 0.1) is 12.5 Å². The van der Waals surface area contributed by atoms with E-state index in [1.807, 2.05) is 6.92 Å². The summed E-state index contributed by atoms with van der Waals surface area (Å²) in [6.45, 7) is 3.62. The van der Waals surface area contributed by atoms with Gasteiger partial charge in [-0.1, -0.05) is 32.4 Å². The minimum Gasteiger partial charge on any atom is -0.508 e. The molecule has 0 saturated heterocycles. The first-order valence-corrected chi connectivity index (χ1v) is 11.5. The fourth-order valence-electron chi connectivity index (χ4n) is 2.97. The van der Waals surface area contributed by atoms with Crippen molar-refractivity contribution in [3.05, 3.63) is 29.8 Å². The minimum atomic E-state index is -1.62. The zero-order valence-electron chi connectivity index (χ0n) is 19.4. The van der Waals surface area contributed by atoms with Crippen molar-refractivity contribution in [1.29, 1.82) is 0 Å². The second-order valence-electron chi connectivity index (χ2n) is 8.08. The molecule has 0 aliphatic rings. The molecular weight excluding hydrogens is 480 g/mol. The number of rotatable bonds is 14. The van der Waals surface area contributed by atoms with E-state index in [-0.39, 0.29) is 23.8 Å². The van der Waals surface area contributed by atoms with Gasteiger partial charge < -0.3 is 37.0 Å². The summed E-state index contributed by atoms with van der Waals surface area (Å²) in [6, 6.07) is 0.487. The standard InChI is InChI=1S/C22H32N4O8S/c1-3-11(2)18(23)21(32)26-16(10-35)20(31)24-14(9-17(28)29)19(30)25-15(22(33)34)8-12-4-6-13(27)7-5-12/h4-7,11,14-16,18,27,35H,3,8-10,23H2,1-2H3,(H,24,31)(H,25,30)(H,26,32)(H,28,29)(H,33,34). The zero-order chi connectivity index (χ0) is 26.7. The number of benzene rings is 1. The number of phenols is 1. The lowest BCUT2D eigenvalue weighted by Gasteiger charge is -2.25. The van der Waals surface area contributed by atoms with Gasteiger partial charge in [-0.3, -0.25) is 19.2 Å². The normalized spacial score (nSPS) is 15.1. The van der Waals surface area contributed by atoms with Crippen LogP contribution in [0, 0.1) is 5.92 Å². The third-order valence-corrected chi connectivity index (χ3v) is 5.74. The van der Waals surface area contributed by atoms with E-state index in [1.165, 1.54) is 24.3 Å². The van der Waals surface area contributed by atoms with Crippen molar-refractivity contribution >= 4 is 42.3 Å². The summed E-state index contributed by atoms with van der Waals surface area (Å²) in [7, 11) is 0. The Kier molecular flexibility index (Phi) is 12.0. The molecule has 5 unspecified atom stereocenters. The molecule has 8 N–H and O–H groups in total. The van der Waals surface area contributed by atoms with Gasteiger partial charge in [-0.2, -0.15) is 12.6 Å². The van der Waals surface area contributed by atoms with Gasteiger partial charge in [0, 0.05) is 12.2 Å². The van der Waals surface area contributed by atoms with Gasteiger partial charge in [-0.15, -0.1) is 0 Å². The summed E-state index contributed by atoms with van der Waals surface area (Å²) in [4.78, 5) is 60.7. The quantitative estimate of drug-likeness (QED) is 0.147. The van der Waals surface area contributed by atoms with E-state index in [0.29, 0.717) is 12.0 Å². The predicted octanol–water partition coefficient (Wildman–Crippen LogP) is -0.748. The van der Waals surface area contributed by atoms with Crippen LogP contribution in [0.25, 0.3) is 0 Å². The highest BCUT2D eigenvalue weighted by Gasteiger charge is 2.31. The second kappa shape index (κ2) is 14.2. The van der Waals surface area contributed by atoms with Crippen LogP contribution in [0.15, 0.2) is 24.3 Å². The molecule has 12 nitrogen and oxygen atoms in total. The lowest BCUT2D eigenvalue weighted by atomic mass is 9.99. The Hall–Kier alpha value is -3.32. The number of carbonyl (C=O) groups excluding carboxylic acids is 3. The second-order valence-corrected chi connectivity index (χ2v) is 8.45. The van der Waals surface area contributed by atoms with E-state index in [1.54, 1.807) is 6.92 Å². The van der Waals surface area contributed by atoms with Crippen LogP contribution in [0.4, 0.5) is 0 Å². The molecule has 0 bridgehead atoms. The van der Waals surface area contributed by atoms with Crippen molar-refractivity contribution in [2.45, 2.75) is 57.3 Å². The molecule has 194 valence electrons. The third-order valence-electron chi connectivity index (χ3n) is 5.38. The molecule has 0 aliphatic carbocycles. The summed E-state index contributed by atoms with van der Waals surface area (Å²) in [5.41, 5.74) is 6.36. The summed E-state index contributed by atoms with van der Waals surface area (Å²) in [5, 5.41) is 34.9. The van der Waals surface area contributed by atoms with Crippen LogP contribution in [0.3, 0.4) is 0 Å². The summed E-state index contributed by atoms with van der Waals surface area (Å²) >= 11 is 4.03. The van der Waals surface area contributed by atoms with Crippen molar-refractivity contribution in [3.8, 4) is 5.75 Å². The van der Waals surface area contributed by atoms with E-state index in [4.69, 9.17) is 5.73 Å². The molecule has 13 heteroatoms. The number of carboxylic acids is 2. The highest BCUT2D eigenvalue weighted by molar-refractivity contribution is 7.80. The fraction of sp³-hybridized carbons (Fsp3) is 0.500. The molecule has 5 atom stereocenters. The molecule has 0 aliphatic heterocycles. The number of hydrogen-bond acceptors (Lipinski definition) is 8. The fourth-order valence-corrected chi connectivity index (χ4v) is 3.23. The Morgan fingerprint density at radius 1 is 0.914 bits per heavy atom. The van der Waals surface area contributed by atoms with E-state index in [2.05, 4.69) is 28.6 Å². The van der Waals surface area contributed by atoms with E-state index in [9.17, 15) is 39.3 Å². The Morgan fingerprint density at radius 2 is 1.43 bits per heavy atom. The highest BCUT2D eigenvalue weighted by atomic mass is 32.1. The lowest BCUT2D eigenvalue weighted by molar-refractivity contribution is -0.143. The summed E-state index contributed by atoms with van der Waals surface area (Å²) in [6.07, 6.45) is -0.358. The van der Waals surface area contributed by atoms with Crippen LogP contribution in [0.5, 0.6) is 5.75 Å². The minimum absolute atomic E-state index is 0.0233. The first-order valence-electron chi connectivity index (χ1n) is 10.9. The van der Waals surface area contributed by atoms with Gasteiger partial charge in [0.25, 0.3) is 0 Å². The maximum atomic E-state index is 12.7. The van der Waals surface area contributed by atoms with Crippen molar-refractivity contribution in [2.24, 2.45) is 11.7 Å². The monoisotopic (exact) mass is 512 g/mol. The molecule has 0 saturated carbocycles. The molecule has 1 aromatic carbocycles. The molecular formula is C22H32N4O8S. The van der Waals surface area contributed by atoms with Crippen LogP contribution < -0.4 is 21.7 Å². The Bertz CT molecular complexity index is 911. The number of nitrogens with one attached hydrogen (secondary N) is 3. The van der Waals surface area contributed by atoms with Crippen molar-refractivity contribution in [3.63, 3.8) is 0 Å². The van der Waals surface area contributed by atoms with Gasteiger partial charge >= 0.3 is 11.9 Å². The first kappa shape index (κ1) is 29.7. The van der Waals surface area contributed by atoms with E-state index >= 15 is 0 Å². The van der Waals surface area contributed by atoms with Crippen LogP contribution >= 0.6 is 12.6 Å². The number of thiol groups is 1. The maximum absolute atomic E-state index is 12.7. The van der Waals surface area contributed by atoms with E-state index < -0.39 is 60.2 Å². The van der Waals surface area contributed by atoms with Crippen molar-refractivity contribution in [1.82, 2.24) is 16.0 Å². The topological polar surface area (TPSA) is 208 Å². The van der Waals surface area contributed by atoms with Gasteiger partial charge in [-0.25, -0.2) is 4.79 Å². The number of hydrogen-bond donors (Lipinski definition) is 8. The first-order chi connectivity index (χ1) is 16.4. The zero-order valence-corrected chi connectivity index (χ0v) is 20.3. The number of carboxylic acid groups (broad SMARTS) is 2. The Labute approximate surface area is 208 Å². The van der Waals surface area contributed by atoms with Crippen LogP contribution in [-0.2, 0) is 30.4 Å². The van der Waals surface area contributed by atoms with Gasteiger partial charge in [-0.05, 0) is 23.6 Å². The van der Waals surface area contributed by atoms with Gasteiger partial charge in [0.1, 0.15) is 23.9 Å². The average molecular weight is 513 g/mol. The number of aromatic hydroxyl groups is 1. The maximum Gasteiger partial charge on any atom is 0.326 e. The summed E-state index contributed by atoms with van der Waals surface area (Å²) < 4.78 is 0. The predicted molar refractivity (Wildman–Crippen MR) is 129 cm³/mol. The molecule has 0 radical (unpaired) electrons.